The van der Waals surface area contributed by atoms with E-state index in [1.807, 2.05) is 11.0 Å². The summed E-state index contributed by atoms with van der Waals surface area (Å²) < 4.78 is 5.98. The number of carbonyl (C=O) groups is 2. The Morgan fingerprint density at radius 3 is 2.36 bits per heavy atom. The number of nitrogens with zero attached hydrogens (tertiary/aromatic N) is 2. The third-order valence-corrected chi connectivity index (χ3v) is 9.00. The Morgan fingerprint density at radius 2 is 1.78 bits per heavy atom. The summed E-state index contributed by atoms with van der Waals surface area (Å²) in [6.45, 7) is 8.42. The third kappa shape index (κ3) is 5.99. The number of aromatic amines is 1. The molecule has 2 fully saturated rings. The maximum Gasteiger partial charge on any atom is 0.348 e. The number of nitrogens with one attached hydrogen (secondary N) is 1. The first kappa shape index (κ1) is 26.4. The van der Waals surface area contributed by atoms with Gasteiger partial charge in [-0.3, -0.25) is 9.78 Å². The number of carboxylic acid groups (broad SMARTS) is 1. The summed E-state index contributed by atoms with van der Waals surface area (Å²) in [6, 6.07) is 3.47. The van der Waals surface area contributed by atoms with E-state index < -0.39 is 11.7 Å². The largest absolute Gasteiger partial charge is 0.477 e. The van der Waals surface area contributed by atoms with Crippen LogP contribution in [0.3, 0.4) is 0 Å². The van der Waals surface area contributed by atoms with Gasteiger partial charge in [-0.2, -0.15) is 0 Å². The van der Waals surface area contributed by atoms with Gasteiger partial charge >= 0.3 is 11.7 Å². The number of aromatic nitrogens is 2. The molecule has 8 nitrogen and oxygen atoms in total. The summed E-state index contributed by atoms with van der Waals surface area (Å²) in [4.78, 5) is 47.1. The Hall–Kier alpha value is -2.68. The van der Waals surface area contributed by atoms with Gasteiger partial charge in [0.25, 0.3) is 0 Å². The molecule has 2 aromatic heterocycles. The molecule has 196 valence electrons. The molecular formula is C27H37N3O5S. The van der Waals surface area contributed by atoms with Gasteiger partial charge in [0.15, 0.2) is 5.88 Å². The van der Waals surface area contributed by atoms with Gasteiger partial charge in [-0.15, -0.1) is 11.3 Å². The van der Waals surface area contributed by atoms with Crippen LogP contribution < -0.4 is 15.3 Å². The van der Waals surface area contributed by atoms with Gasteiger partial charge in [-0.05, 0) is 68.8 Å². The number of thiophene rings is 1. The molecule has 2 N–H and O–H groups in total. The molecule has 0 unspecified atom stereocenters. The maximum absolute atomic E-state index is 14.0. The number of ether oxygens (including phenoxy) is 1. The van der Waals surface area contributed by atoms with E-state index in [2.05, 4.69) is 37.7 Å². The first-order valence-corrected chi connectivity index (χ1v) is 13.8. The molecule has 0 spiro atoms. The highest BCUT2D eigenvalue weighted by atomic mass is 32.1. The van der Waals surface area contributed by atoms with Gasteiger partial charge < -0.3 is 14.7 Å². The zero-order valence-electron chi connectivity index (χ0n) is 21.6. The van der Waals surface area contributed by atoms with Crippen LogP contribution in [0, 0.1) is 11.8 Å². The lowest BCUT2D eigenvalue weighted by Crippen LogP contribution is -2.47. The molecule has 0 saturated heterocycles. The van der Waals surface area contributed by atoms with Crippen LogP contribution in [0.25, 0.3) is 0 Å². The number of carbonyl (C=O) groups excluding carboxylic acids is 1. The molecule has 2 heterocycles. The molecule has 2 aromatic rings. The zero-order valence-corrected chi connectivity index (χ0v) is 22.4. The van der Waals surface area contributed by atoms with Gasteiger partial charge in [0.2, 0.25) is 5.91 Å². The average molecular weight is 516 g/mol. The van der Waals surface area contributed by atoms with E-state index in [4.69, 9.17) is 4.74 Å². The smallest absolute Gasteiger partial charge is 0.348 e. The minimum atomic E-state index is -0.987. The normalized spacial score (nSPS) is 24.8. The highest BCUT2D eigenvalue weighted by Gasteiger charge is 2.38. The summed E-state index contributed by atoms with van der Waals surface area (Å²) >= 11 is 1.28. The SMILES string of the molecule is CC1CCC(C(=O)N(c2cc(C(C)(C)C)sc2C(=O)O)C2CCC(Oc3ccnc(=O)[nH]3)CC2)CC1. The van der Waals surface area contributed by atoms with Crippen molar-refractivity contribution in [2.45, 2.75) is 96.6 Å². The Balaban J connectivity index is 1.60. The van der Waals surface area contributed by atoms with Gasteiger partial charge in [0.05, 0.1) is 5.69 Å². The number of hydrogen-bond acceptors (Lipinski definition) is 6. The monoisotopic (exact) mass is 515 g/mol. The summed E-state index contributed by atoms with van der Waals surface area (Å²) in [5.41, 5.74) is -0.119. The van der Waals surface area contributed by atoms with E-state index in [0.29, 0.717) is 43.2 Å². The molecule has 0 radical (unpaired) electrons. The Morgan fingerprint density at radius 1 is 1.11 bits per heavy atom. The molecule has 2 aliphatic carbocycles. The molecule has 0 aliphatic heterocycles. The number of carboxylic acids is 1. The lowest BCUT2D eigenvalue weighted by molar-refractivity contribution is -0.124. The van der Waals surface area contributed by atoms with Gasteiger partial charge in [-0.25, -0.2) is 14.6 Å². The van der Waals surface area contributed by atoms with Crippen LogP contribution in [0.2, 0.25) is 0 Å². The zero-order chi connectivity index (χ0) is 26.0. The van der Waals surface area contributed by atoms with Gasteiger partial charge in [0, 0.05) is 29.1 Å². The van der Waals surface area contributed by atoms with Crippen molar-refractivity contribution in [1.29, 1.82) is 0 Å². The highest BCUT2D eigenvalue weighted by Crippen LogP contribution is 2.42. The van der Waals surface area contributed by atoms with Gasteiger partial charge in [-0.1, -0.05) is 27.7 Å². The fraction of sp³-hybridized carbons (Fsp3) is 0.630. The lowest BCUT2D eigenvalue weighted by atomic mass is 9.81. The molecule has 2 saturated carbocycles. The Labute approximate surface area is 216 Å². The second kappa shape index (κ2) is 10.7. The van der Waals surface area contributed by atoms with Crippen molar-refractivity contribution in [3.63, 3.8) is 0 Å². The molecule has 1 amide bonds. The summed E-state index contributed by atoms with van der Waals surface area (Å²) in [5, 5.41) is 10.1. The number of hydrogen-bond donors (Lipinski definition) is 2. The summed E-state index contributed by atoms with van der Waals surface area (Å²) in [6.07, 6.45) is 7.91. The van der Waals surface area contributed by atoms with Crippen molar-refractivity contribution in [2.24, 2.45) is 11.8 Å². The Bertz CT molecular complexity index is 1130. The van der Waals surface area contributed by atoms with Crippen LogP contribution in [0.1, 0.15) is 93.6 Å². The first-order valence-electron chi connectivity index (χ1n) is 13.0. The second-order valence-electron chi connectivity index (χ2n) is 11.3. The minimum Gasteiger partial charge on any atom is -0.477 e. The molecule has 9 heteroatoms. The number of rotatable bonds is 6. The standard InChI is InChI=1S/C27H37N3O5S/c1-16-5-7-17(8-6-16)24(31)30(20-15-21(27(2,3)4)36-23(20)25(32)33)18-9-11-19(12-10-18)35-22-13-14-28-26(34)29-22/h13-19H,5-12H2,1-4H3,(H,32,33)(H,28,29,34). The van der Waals surface area contributed by atoms with E-state index in [1.165, 1.54) is 17.5 Å². The number of amides is 1. The van der Waals surface area contributed by atoms with Crippen LogP contribution in [0.4, 0.5) is 5.69 Å². The molecule has 36 heavy (non-hydrogen) atoms. The molecule has 4 rings (SSSR count). The first-order chi connectivity index (χ1) is 17.0. The van der Waals surface area contributed by atoms with Crippen LogP contribution in [0.15, 0.2) is 23.1 Å². The van der Waals surface area contributed by atoms with E-state index in [0.717, 1.165) is 30.6 Å². The fourth-order valence-corrected chi connectivity index (χ4v) is 6.35. The van der Waals surface area contributed by atoms with Gasteiger partial charge in [0.1, 0.15) is 11.0 Å². The van der Waals surface area contributed by atoms with Crippen LogP contribution in [-0.2, 0) is 10.2 Å². The molecule has 0 aromatic carbocycles. The van der Waals surface area contributed by atoms with Crippen LogP contribution in [-0.4, -0.2) is 39.1 Å². The van der Waals surface area contributed by atoms with Crippen LogP contribution >= 0.6 is 11.3 Å². The third-order valence-electron chi connectivity index (χ3n) is 7.46. The van der Waals surface area contributed by atoms with Crippen molar-refractivity contribution in [2.75, 3.05) is 4.90 Å². The maximum atomic E-state index is 14.0. The van der Waals surface area contributed by atoms with E-state index in [9.17, 15) is 19.5 Å². The molecule has 2 aliphatic rings. The van der Waals surface area contributed by atoms with Crippen molar-refractivity contribution in [3.8, 4) is 5.88 Å². The lowest BCUT2D eigenvalue weighted by Gasteiger charge is -2.39. The molecule has 0 bridgehead atoms. The fourth-order valence-electron chi connectivity index (χ4n) is 5.30. The molecular weight excluding hydrogens is 478 g/mol. The highest BCUT2D eigenvalue weighted by molar-refractivity contribution is 7.14. The topological polar surface area (TPSA) is 113 Å². The van der Waals surface area contributed by atoms with Crippen molar-refractivity contribution in [1.82, 2.24) is 9.97 Å². The Kier molecular flexibility index (Phi) is 7.87. The predicted octanol–water partition coefficient (Wildman–Crippen LogP) is 5.38. The van der Waals surface area contributed by atoms with Crippen molar-refractivity contribution in [3.05, 3.63) is 38.6 Å². The number of H-pyrrole nitrogens is 1. The predicted molar refractivity (Wildman–Crippen MR) is 140 cm³/mol. The van der Waals surface area contributed by atoms with Crippen LogP contribution in [0.5, 0.6) is 5.88 Å². The van der Waals surface area contributed by atoms with E-state index in [1.54, 1.807) is 6.07 Å². The quantitative estimate of drug-likeness (QED) is 0.534. The van der Waals surface area contributed by atoms with Crippen molar-refractivity contribution >= 4 is 28.9 Å². The number of anilines is 1. The number of aromatic carboxylic acids is 1. The average Bonchev–Trinajstić information content (AvgIpc) is 3.27. The van der Waals surface area contributed by atoms with E-state index in [-0.39, 0.29) is 34.3 Å². The summed E-state index contributed by atoms with van der Waals surface area (Å²) in [7, 11) is 0. The summed E-state index contributed by atoms with van der Waals surface area (Å²) in [5.74, 6) is 0.0166. The minimum absolute atomic E-state index is 0.0606. The van der Waals surface area contributed by atoms with E-state index >= 15 is 0 Å². The molecule has 0 atom stereocenters. The second-order valence-corrected chi connectivity index (χ2v) is 12.4. The van der Waals surface area contributed by atoms with Crippen molar-refractivity contribution < 1.29 is 19.4 Å².